The standard InChI is InChI=1S/C15H21N3O/c1-5-19-13-8-6-12(7-9-13)15(16-3)14-10-17-18(4)11(14)2/h6-10,15-16H,5H2,1-4H3. The van der Waals surface area contributed by atoms with Crippen LogP contribution in [0.3, 0.4) is 0 Å². The van der Waals surface area contributed by atoms with Crippen molar-refractivity contribution in [3.63, 3.8) is 0 Å². The van der Waals surface area contributed by atoms with Gasteiger partial charge in [0.15, 0.2) is 0 Å². The first-order chi connectivity index (χ1) is 9.17. The zero-order chi connectivity index (χ0) is 13.8. The summed E-state index contributed by atoms with van der Waals surface area (Å²) >= 11 is 0. The molecule has 1 atom stereocenters. The Kier molecular flexibility index (Phi) is 4.22. The Hall–Kier alpha value is -1.81. The predicted octanol–water partition coefficient (Wildman–Crippen LogP) is 2.44. The van der Waals surface area contributed by atoms with Crippen molar-refractivity contribution in [2.45, 2.75) is 19.9 Å². The summed E-state index contributed by atoms with van der Waals surface area (Å²) < 4.78 is 7.37. The van der Waals surface area contributed by atoms with Gasteiger partial charge in [0.25, 0.3) is 0 Å². The second kappa shape index (κ2) is 5.89. The van der Waals surface area contributed by atoms with Crippen LogP contribution in [-0.4, -0.2) is 23.4 Å². The highest BCUT2D eigenvalue weighted by molar-refractivity contribution is 5.36. The van der Waals surface area contributed by atoms with Crippen LogP contribution in [-0.2, 0) is 7.05 Å². The van der Waals surface area contributed by atoms with Crippen molar-refractivity contribution in [2.75, 3.05) is 13.7 Å². The number of hydrogen-bond acceptors (Lipinski definition) is 3. The van der Waals surface area contributed by atoms with E-state index in [9.17, 15) is 0 Å². The lowest BCUT2D eigenvalue weighted by Gasteiger charge is -2.17. The molecule has 2 rings (SSSR count). The molecule has 19 heavy (non-hydrogen) atoms. The molecule has 0 fully saturated rings. The van der Waals surface area contributed by atoms with Gasteiger partial charge in [-0.3, -0.25) is 4.68 Å². The first-order valence-corrected chi connectivity index (χ1v) is 6.55. The van der Waals surface area contributed by atoms with Crippen LogP contribution in [0.15, 0.2) is 30.5 Å². The van der Waals surface area contributed by atoms with Crippen molar-refractivity contribution in [1.82, 2.24) is 15.1 Å². The highest BCUT2D eigenvalue weighted by atomic mass is 16.5. The molecule has 0 spiro atoms. The predicted molar refractivity (Wildman–Crippen MR) is 76.5 cm³/mol. The van der Waals surface area contributed by atoms with Gasteiger partial charge in [0.2, 0.25) is 0 Å². The van der Waals surface area contributed by atoms with Gasteiger partial charge in [0.1, 0.15) is 5.75 Å². The van der Waals surface area contributed by atoms with Crippen LogP contribution in [0, 0.1) is 6.92 Å². The van der Waals surface area contributed by atoms with Crippen LogP contribution in [0.4, 0.5) is 0 Å². The third-order valence-electron chi connectivity index (χ3n) is 3.40. The van der Waals surface area contributed by atoms with Gasteiger partial charge >= 0.3 is 0 Å². The van der Waals surface area contributed by atoms with Crippen LogP contribution in [0.2, 0.25) is 0 Å². The van der Waals surface area contributed by atoms with Gasteiger partial charge < -0.3 is 10.1 Å². The molecule has 0 saturated heterocycles. The summed E-state index contributed by atoms with van der Waals surface area (Å²) in [4.78, 5) is 0. The number of nitrogens with one attached hydrogen (secondary N) is 1. The summed E-state index contributed by atoms with van der Waals surface area (Å²) in [6.07, 6.45) is 1.92. The molecule has 0 aliphatic rings. The molecule has 0 amide bonds. The number of aromatic nitrogens is 2. The first-order valence-electron chi connectivity index (χ1n) is 6.55. The van der Waals surface area contributed by atoms with Gasteiger partial charge in [0, 0.05) is 18.3 Å². The topological polar surface area (TPSA) is 39.1 Å². The highest BCUT2D eigenvalue weighted by Crippen LogP contribution is 2.25. The van der Waals surface area contributed by atoms with E-state index in [1.807, 2.05) is 44.0 Å². The molecule has 1 unspecified atom stereocenters. The Morgan fingerprint density at radius 2 is 2.00 bits per heavy atom. The molecule has 1 N–H and O–H groups in total. The molecule has 4 heteroatoms. The second-order valence-corrected chi connectivity index (χ2v) is 4.53. The molecule has 0 bridgehead atoms. The maximum atomic E-state index is 5.47. The van der Waals surface area contributed by atoms with E-state index < -0.39 is 0 Å². The monoisotopic (exact) mass is 259 g/mol. The van der Waals surface area contributed by atoms with E-state index in [1.165, 1.54) is 16.8 Å². The summed E-state index contributed by atoms with van der Waals surface area (Å²) in [5.41, 5.74) is 3.59. The Labute approximate surface area is 114 Å². The largest absolute Gasteiger partial charge is 0.494 e. The number of benzene rings is 1. The lowest BCUT2D eigenvalue weighted by Crippen LogP contribution is -2.18. The Morgan fingerprint density at radius 3 is 2.47 bits per heavy atom. The molecule has 0 aliphatic carbocycles. The van der Waals surface area contributed by atoms with E-state index in [0.717, 1.165) is 5.75 Å². The fraction of sp³-hybridized carbons (Fsp3) is 0.400. The molecular weight excluding hydrogens is 238 g/mol. The van der Waals surface area contributed by atoms with Crippen molar-refractivity contribution in [3.8, 4) is 5.75 Å². The third kappa shape index (κ3) is 2.79. The van der Waals surface area contributed by atoms with Gasteiger partial charge in [0.05, 0.1) is 18.8 Å². The smallest absolute Gasteiger partial charge is 0.119 e. The maximum Gasteiger partial charge on any atom is 0.119 e. The van der Waals surface area contributed by atoms with Crippen molar-refractivity contribution >= 4 is 0 Å². The van der Waals surface area contributed by atoms with Crippen LogP contribution >= 0.6 is 0 Å². The zero-order valence-electron chi connectivity index (χ0n) is 12.0. The summed E-state index contributed by atoms with van der Waals surface area (Å²) in [5, 5.41) is 7.66. The van der Waals surface area contributed by atoms with E-state index in [-0.39, 0.29) is 6.04 Å². The molecule has 102 valence electrons. The van der Waals surface area contributed by atoms with Crippen molar-refractivity contribution < 1.29 is 4.74 Å². The van der Waals surface area contributed by atoms with E-state index in [1.54, 1.807) is 0 Å². The normalized spacial score (nSPS) is 12.4. The fourth-order valence-electron chi connectivity index (χ4n) is 2.22. The Bertz CT molecular complexity index is 531. The number of aryl methyl sites for hydroxylation is 1. The van der Waals surface area contributed by atoms with E-state index >= 15 is 0 Å². The van der Waals surface area contributed by atoms with Crippen LogP contribution in [0.5, 0.6) is 5.75 Å². The van der Waals surface area contributed by atoms with Crippen LogP contribution in [0.1, 0.15) is 29.8 Å². The molecule has 4 nitrogen and oxygen atoms in total. The minimum Gasteiger partial charge on any atom is -0.494 e. The molecule has 0 saturated carbocycles. The van der Waals surface area contributed by atoms with Gasteiger partial charge in [-0.25, -0.2) is 0 Å². The zero-order valence-corrected chi connectivity index (χ0v) is 12.0. The summed E-state index contributed by atoms with van der Waals surface area (Å²) in [7, 11) is 3.93. The summed E-state index contributed by atoms with van der Waals surface area (Å²) in [6.45, 7) is 4.76. The van der Waals surface area contributed by atoms with E-state index in [4.69, 9.17) is 4.74 Å². The number of hydrogen-bond donors (Lipinski definition) is 1. The minimum absolute atomic E-state index is 0.157. The molecule has 2 aromatic rings. The second-order valence-electron chi connectivity index (χ2n) is 4.53. The van der Waals surface area contributed by atoms with Crippen LogP contribution in [0.25, 0.3) is 0 Å². The molecule has 1 aromatic carbocycles. The SMILES string of the molecule is CCOc1ccc(C(NC)c2cnn(C)c2C)cc1. The molecule has 0 radical (unpaired) electrons. The molecule has 1 aromatic heterocycles. The van der Waals surface area contributed by atoms with Gasteiger partial charge in [-0.15, -0.1) is 0 Å². The Morgan fingerprint density at radius 1 is 1.32 bits per heavy atom. The lowest BCUT2D eigenvalue weighted by atomic mass is 9.99. The number of rotatable bonds is 5. The van der Waals surface area contributed by atoms with E-state index in [0.29, 0.717) is 6.61 Å². The average molecular weight is 259 g/mol. The third-order valence-corrected chi connectivity index (χ3v) is 3.40. The summed E-state index contributed by atoms with van der Waals surface area (Å²) in [6, 6.07) is 8.37. The van der Waals surface area contributed by atoms with Crippen molar-refractivity contribution in [1.29, 1.82) is 0 Å². The van der Waals surface area contributed by atoms with Crippen molar-refractivity contribution in [2.24, 2.45) is 7.05 Å². The van der Waals surface area contributed by atoms with Crippen molar-refractivity contribution in [3.05, 3.63) is 47.3 Å². The lowest BCUT2D eigenvalue weighted by molar-refractivity contribution is 0.340. The van der Waals surface area contributed by atoms with E-state index in [2.05, 4.69) is 29.5 Å². The van der Waals surface area contributed by atoms with Gasteiger partial charge in [-0.2, -0.15) is 5.10 Å². The molecule has 1 heterocycles. The van der Waals surface area contributed by atoms with Gasteiger partial charge in [-0.05, 0) is 38.6 Å². The molecule has 0 aliphatic heterocycles. The maximum absolute atomic E-state index is 5.47. The molecular formula is C15H21N3O. The number of ether oxygens (including phenoxy) is 1. The summed E-state index contributed by atoms with van der Waals surface area (Å²) in [5.74, 6) is 0.906. The number of nitrogens with zero attached hydrogens (tertiary/aromatic N) is 2. The fourth-order valence-corrected chi connectivity index (χ4v) is 2.22. The highest BCUT2D eigenvalue weighted by Gasteiger charge is 2.16. The quantitative estimate of drug-likeness (QED) is 0.896. The Balaban J connectivity index is 2.29. The van der Waals surface area contributed by atoms with Gasteiger partial charge in [-0.1, -0.05) is 12.1 Å². The first kappa shape index (κ1) is 13.6. The minimum atomic E-state index is 0.157. The average Bonchev–Trinajstić information content (AvgIpc) is 2.74. The van der Waals surface area contributed by atoms with Crippen LogP contribution < -0.4 is 10.1 Å².